The van der Waals surface area contributed by atoms with Crippen LogP contribution in [0.1, 0.15) is 70.2 Å². The van der Waals surface area contributed by atoms with Crippen molar-refractivity contribution in [1.82, 2.24) is 0 Å². The number of benzene rings is 2. The normalized spacial score (nSPS) is 15.1. The zero-order valence-electron chi connectivity index (χ0n) is 21.8. The summed E-state index contributed by atoms with van der Waals surface area (Å²) in [4.78, 5) is 11.3. The fourth-order valence-corrected chi connectivity index (χ4v) is 3.79. The van der Waals surface area contributed by atoms with Crippen LogP contribution in [-0.4, -0.2) is 19.0 Å². The van der Waals surface area contributed by atoms with Gasteiger partial charge in [0.1, 0.15) is 11.5 Å². The first-order valence-corrected chi connectivity index (χ1v) is 12.3. The monoisotopic (exact) mass is 460 g/mol. The number of hydrogen-bond donors (Lipinski definition) is 0. The minimum absolute atomic E-state index is 0.144. The molecular weight excluding hydrogens is 420 g/mol. The van der Waals surface area contributed by atoms with Crippen molar-refractivity contribution in [2.45, 2.75) is 67.2 Å². The summed E-state index contributed by atoms with van der Waals surface area (Å²) in [7, 11) is 0. The van der Waals surface area contributed by atoms with Crippen LogP contribution in [0.4, 0.5) is 0 Å². The molecule has 0 fully saturated rings. The molecule has 3 nitrogen and oxygen atoms in total. The number of carbonyl (C=O) groups excluding carboxylic acids is 1. The van der Waals surface area contributed by atoms with E-state index in [0.717, 1.165) is 48.5 Å². The molecule has 0 saturated heterocycles. The Bertz CT molecular complexity index is 1060. The first kappa shape index (κ1) is 25.8. The molecule has 0 atom stereocenters. The third kappa shape index (κ3) is 8.20. The SMILES string of the molecule is C=C1CCc2ccc(OCC(C)(C)C)cc2C1.CC(C)(C)COc1ccc2c(c1)CC(=O)C=C2. The van der Waals surface area contributed by atoms with Gasteiger partial charge in [0.25, 0.3) is 0 Å². The predicted octanol–water partition coefficient (Wildman–Crippen LogP) is 7.41. The van der Waals surface area contributed by atoms with Crippen molar-refractivity contribution in [1.29, 1.82) is 0 Å². The quantitative estimate of drug-likeness (QED) is 0.446. The molecular formula is C31H40O3. The van der Waals surface area contributed by atoms with Gasteiger partial charge in [0.2, 0.25) is 0 Å². The molecule has 0 aromatic heterocycles. The van der Waals surface area contributed by atoms with E-state index in [1.807, 2.05) is 24.3 Å². The molecule has 0 unspecified atom stereocenters. The van der Waals surface area contributed by atoms with Crippen LogP contribution in [0.3, 0.4) is 0 Å². The van der Waals surface area contributed by atoms with E-state index in [0.29, 0.717) is 13.0 Å². The van der Waals surface area contributed by atoms with Gasteiger partial charge in [0.05, 0.1) is 13.2 Å². The van der Waals surface area contributed by atoms with Crippen molar-refractivity contribution in [3.8, 4) is 11.5 Å². The summed E-state index contributed by atoms with van der Waals surface area (Å²) in [5.74, 6) is 2.00. The third-order valence-electron chi connectivity index (χ3n) is 5.64. The summed E-state index contributed by atoms with van der Waals surface area (Å²) in [6.07, 6.45) is 7.27. The second-order valence-corrected chi connectivity index (χ2v) is 11.9. The first-order chi connectivity index (χ1) is 15.9. The van der Waals surface area contributed by atoms with E-state index >= 15 is 0 Å². The molecule has 34 heavy (non-hydrogen) atoms. The molecule has 0 radical (unpaired) electrons. The van der Waals surface area contributed by atoms with Crippen LogP contribution in [-0.2, 0) is 24.1 Å². The van der Waals surface area contributed by atoms with E-state index < -0.39 is 0 Å². The summed E-state index contributed by atoms with van der Waals surface area (Å²) in [6, 6.07) is 12.4. The van der Waals surface area contributed by atoms with Gasteiger partial charge in [-0.05, 0) is 82.7 Å². The molecule has 0 saturated carbocycles. The number of ether oxygens (including phenoxy) is 2. The van der Waals surface area contributed by atoms with Gasteiger partial charge in [-0.25, -0.2) is 0 Å². The van der Waals surface area contributed by atoms with Gasteiger partial charge in [0, 0.05) is 6.42 Å². The number of hydrogen-bond acceptors (Lipinski definition) is 3. The zero-order chi connectivity index (χ0) is 24.9. The van der Waals surface area contributed by atoms with Gasteiger partial charge in [-0.15, -0.1) is 0 Å². The molecule has 3 heteroatoms. The highest BCUT2D eigenvalue weighted by atomic mass is 16.5. The van der Waals surface area contributed by atoms with E-state index in [1.165, 1.54) is 16.7 Å². The molecule has 2 aromatic carbocycles. The number of aryl methyl sites for hydroxylation is 1. The lowest BCUT2D eigenvalue weighted by Gasteiger charge is -2.21. The van der Waals surface area contributed by atoms with Crippen LogP contribution >= 0.6 is 0 Å². The van der Waals surface area contributed by atoms with Crippen LogP contribution in [0.25, 0.3) is 6.08 Å². The molecule has 182 valence electrons. The van der Waals surface area contributed by atoms with Crippen LogP contribution in [0.5, 0.6) is 11.5 Å². The lowest BCUT2D eigenvalue weighted by atomic mass is 9.89. The predicted molar refractivity (Wildman–Crippen MR) is 142 cm³/mol. The molecule has 0 N–H and O–H groups in total. The molecule has 0 spiro atoms. The van der Waals surface area contributed by atoms with E-state index in [2.05, 4.69) is 66.3 Å². The summed E-state index contributed by atoms with van der Waals surface area (Å²) in [5.41, 5.74) is 6.72. The van der Waals surface area contributed by atoms with E-state index in [4.69, 9.17) is 9.47 Å². The number of fused-ring (bicyclic) bond motifs is 2. The maximum atomic E-state index is 11.3. The Kier molecular flexibility index (Phi) is 8.07. The summed E-state index contributed by atoms with van der Waals surface area (Å²) in [5, 5.41) is 0. The third-order valence-corrected chi connectivity index (χ3v) is 5.64. The zero-order valence-corrected chi connectivity index (χ0v) is 21.8. The maximum Gasteiger partial charge on any atom is 0.160 e. The van der Waals surface area contributed by atoms with Gasteiger partial charge in [-0.1, -0.05) is 71.9 Å². The van der Waals surface area contributed by atoms with Crippen molar-refractivity contribution in [2.75, 3.05) is 13.2 Å². The van der Waals surface area contributed by atoms with Crippen LogP contribution in [0, 0.1) is 10.8 Å². The molecule has 0 aliphatic heterocycles. The molecule has 2 aliphatic rings. The van der Waals surface area contributed by atoms with Gasteiger partial charge in [0.15, 0.2) is 5.78 Å². The van der Waals surface area contributed by atoms with E-state index in [-0.39, 0.29) is 16.6 Å². The smallest absolute Gasteiger partial charge is 0.160 e. The van der Waals surface area contributed by atoms with Crippen molar-refractivity contribution in [3.63, 3.8) is 0 Å². The molecule has 2 aromatic rings. The Morgan fingerprint density at radius 3 is 1.94 bits per heavy atom. The Morgan fingerprint density at radius 2 is 1.32 bits per heavy atom. The van der Waals surface area contributed by atoms with Crippen molar-refractivity contribution in [3.05, 3.63) is 76.9 Å². The molecule has 0 amide bonds. The summed E-state index contributed by atoms with van der Waals surface area (Å²) < 4.78 is 11.6. The highest BCUT2D eigenvalue weighted by Crippen LogP contribution is 2.28. The number of allylic oxidation sites excluding steroid dienone is 2. The minimum atomic E-state index is 0.144. The van der Waals surface area contributed by atoms with Gasteiger partial charge in [-0.3, -0.25) is 4.79 Å². The van der Waals surface area contributed by atoms with Crippen molar-refractivity contribution in [2.24, 2.45) is 10.8 Å². The second kappa shape index (κ2) is 10.6. The fourth-order valence-electron chi connectivity index (χ4n) is 3.79. The van der Waals surface area contributed by atoms with Gasteiger partial charge < -0.3 is 9.47 Å². The topological polar surface area (TPSA) is 35.5 Å². The summed E-state index contributed by atoms with van der Waals surface area (Å²) in [6.45, 7) is 18.5. The number of ketones is 1. The Hall–Kier alpha value is -2.81. The first-order valence-electron chi connectivity index (χ1n) is 12.3. The number of carbonyl (C=O) groups is 1. The fraction of sp³-hybridized carbons (Fsp3) is 0.452. The molecule has 0 bridgehead atoms. The average Bonchev–Trinajstić information content (AvgIpc) is 2.75. The standard InChI is InChI=1S/C16H22O.C15H18O2/c1-12-5-6-13-7-8-15(10-14(13)9-12)17-11-16(2,3)4;1-15(2,3)10-17-14-7-5-11-4-6-13(16)8-12(11)9-14/h7-8,10H,1,5-6,9,11H2,2-4H3;4-7,9H,8,10H2,1-3H3. The molecule has 4 rings (SSSR count). The highest BCUT2D eigenvalue weighted by molar-refractivity contribution is 5.98. The second-order valence-electron chi connectivity index (χ2n) is 11.9. The van der Waals surface area contributed by atoms with Crippen molar-refractivity contribution >= 4 is 11.9 Å². The van der Waals surface area contributed by atoms with Crippen LogP contribution in [0.15, 0.2) is 54.6 Å². The molecule has 0 heterocycles. The highest BCUT2D eigenvalue weighted by Gasteiger charge is 2.15. The largest absolute Gasteiger partial charge is 0.493 e. The van der Waals surface area contributed by atoms with Gasteiger partial charge >= 0.3 is 0 Å². The lowest BCUT2D eigenvalue weighted by Crippen LogP contribution is -2.17. The van der Waals surface area contributed by atoms with Crippen LogP contribution in [0.2, 0.25) is 0 Å². The molecule has 2 aliphatic carbocycles. The maximum absolute atomic E-state index is 11.3. The summed E-state index contributed by atoms with van der Waals surface area (Å²) >= 11 is 0. The Balaban J connectivity index is 0.000000191. The Labute approximate surface area is 205 Å². The number of rotatable bonds is 4. The lowest BCUT2D eigenvalue weighted by molar-refractivity contribution is -0.114. The van der Waals surface area contributed by atoms with E-state index in [1.54, 1.807) is 6.08 Å². The minimum Gasteiger partial charge on any atom is -0.493 e. The van der Waals surface area contributed by atoms with Gasteiger partial charge in [-0.2, -0.15) is 0 Å². The Morgan fingerprint density at radius 1 is 0.735 bits per heavy atom. The average molecular weight is 461 g/mol. The van der Waals surface area contributed by atoms with Crippen molar-refractivity contribution < 1.29 is 14.3 Å². The van der Waals surface area contributed by atoms with E-state index in [9.17, 15) is 4.79 Å². The van der Waals surface area contributed by atoms with Crippen LogP contribution < -0.4 is 9.47 Å².